The molecule has 0 unspecified atom stereocenters. The highest BCUT2D eigenvalue weighted by Crippen LogP contribution is 2.15. The zero-order chi connectivity index (χ0) is 18.7. The molecule has 1 rings (SSSR count). The summed E-state index contributed by atoms with van der Waals surface area (Å²) in [4.78, 5) is 0. The van der Waals surface area contributed by atoms with Gasteiger partial charge in [0.2, 0.25) is 0 Å². The van der Waals surface area contributed by atoms with Gasteiger partial charge < -0.3 is 9.47 Å². The summed E-state index contributed by atoms with van der Waals surface area (Å²) < 4.78 is 12.7. The summed E-state index contributed by atoms with van der Waals surface area (Å²) in [6.07, 6.45) is 15.9. The van der Waals surface area contributed by atoms with E-state index in [1.54, 1.807) is 0 Å². The largest absolute Gasteiger partial charge is 0.491 e. The van der Waals surface area contributed by atoms with Crippen LogP contribution in [-0.2, 0) is 11.2 Å². The van der Waals surface area contributed by atoms with E-state index in [0.717, 1.165) is 12.4 Å². The SMILES string of the molecule is CCCCCCCCCc1ccc(OCCOCCCCCCI)cc1. The molecule has 0 atom stereocenters. The molecule has 150 valence electrons. The minimum absolute atomic E-state index is 0.644. The predicted octanol–water partition coefficient (Wildman–Crippen LogP) is 7.37. The van der Waals surface area contributed by atoms with Crippen molar-refractivity contribution in [1.29, 1.82) is 0 Å². The fourth-order valence-corrected chi connectivity index (χ4v) is 3.55. The summed E-state index contributed by atoms with van der Waals surface area (Å²) in [6.45, 7) is 4.47. The molecule has 0 saturated carbocycles. The van der Waals surface area contributed by atoms with E-state index in [2.05, 4.69) is 53.8 Å². The lowest BCUT2D eigenvalue weighted by Gasteiger charge is -2.08. The number of benzene rings is 1. The second kappa shape index (κ2) is 18.1. The summed E-state index contributed by atoms with van der Waals surface area (Å²) in [5, 5.41) is 0. The second-order valence-electron chi connectivity index (χ2n) is 7.08. The molecule has 0 fully saturated rings. The molecule has 3 heteroatoms. The van der Waals surface area contributed by atoms with Crippen LogP contribution in [-0.4, -0.2) is 24.2 Å². The standard InChI is InChI=1S/C23H39IO2/c1-2-3-4-5-6-7-10-13-22-14-16-23(17-15-22)26-21-20-25-19-12-9-8-11-18-24/h14-17H,2-13,18-21H2,1H3. The Morgan fingerprint density at radius 1 is 0.692 bits per heavy atom. The highest BCUT2D eigenvalue weighted by atomic mass is 127. The fourth-order valence-electron chi connectivity index (χ4n) is 3.01. The van der Waals surface area contributed by atoms with Crippen LogP contribution in [0, 0.1) is 0 Å². The first-order valence-electron chi connectivity index (χ1n) is 10.7. The Morgan fingerprint density at radius 3 is 2.08 bits per heavy atom. The molecule has 0 aliphatic rings. The second-order valence-corrected chi connectivity index (χ2v) is 8.16. The van der Waals surface area contributed by atoms with Crippen molar-refractivity contribution in [3.63, 3.8) is 0 Å². The first-order chi connectivity index (χ1) is 12.9. The maximum Gasteiger partial charge on any atom is 0.119 e. The summed E-state index contributed by atoms with van der Waals surface area (Å²) in [7, 11) is 0. The number of halogens is 1. The maximum absolute atomic E-state index is 5.76. The summed E-state index contributed by atoms with van der Waals surface area (Å²) >= 11 is 2.44. The molecule has 0 amide bonds. The van der Waals surface area contributed by atoms with Gasteiger partial charge >= 0.3 is 0 Å². The Kier molecular flexibility index (Phi) is 16.5. The quantitative estimate of drug-likeness (QED) is 0.126. The molecule has 26 heavy (non-hydrogen) atoms. The molecule has 0 bridgehead atoms. The van der Waals surface area contributed by atoms with Crippen molar-refractivity contribution in [2.24, 2.45) is 0 Å². The minimum Gasteiger partial charge on any atom is -0.491 e. The van der Waals surface area contributed by atoms with Crippen molar-refractivity contribution in [2.45, 2.75) is 84.0 Å². The lowest BCUT2D eigenvalue weighted by molar-refractivity contribution is 0.0971. The van der Waals surface area contributed by atoms with E-state index in [1.807, 2.05) is 0 Å². The molecule has 2 nitrogen and oxygen atoms in total. The Balaban J connectivity index is 1.97. The Bertz CT molecular complexity index is 405. The number of ether oxygens (including phenoxy) is 2. The van der Waals surface area contributed by atoms with Crippen molar-refractivity contribution in [3.05, 3.63) is 29.8 Å². The van der Waals surface area contributed by atoms with Crippen molar-refractivity contribution in [3.8, 4) is 5.75 Å². The van der Waals surface area contributed by atoms with Gasteiger partial charge in [-0.25, -0.2) is 0 Å². The van der Waals surface area contributed by atoms with Crippen LogP contribution in [0.5, 0.6) is 5.75 Å². The molecule has 0 aromatic heterocycles. The van der Waals surface area contributed by atoms with Gasteiger partial charge in [0, 0.05) is 6.61 Å². The smallest absolute Gasteiger partial charge is 0.119 e. The number of hydrogen-bond acceptors (Lipinski definition) is 2. The number of alkyl halides is 1. The van der Waals surface area contributed by atoms with Crippen LogP contribution in [0.3, 0.4) is 0 Å². The van der Waals surface area contributed by atoms with Crippen LogP contribution in [0.2, 0.25) is 0 Å². The van der Waals surface area contributed by atoms with E-state index in [4.69, 9.17) is 9.47 Å². The van der Waals surface area contributed by atoms with Crippen molar-refractivity contribution in [2.75, 3.05) is 24.2 Å². The van der Waals surface area contributed by atoms with Crippen molar-refractivity contribution >= 4 is 22.6 Å². The topological polar surface area (TPSA) is 18.5 Å². The van der Waals surface area contributed by atoms with E-state index >= 15 is 0 Å². The summed E-state index contributed by atoms with van der Waals surface area (Å²) in [5.41, 5.74) is 1.42. The third kappa shape index (κ3) is 13.9. The zero-order valence-electron chi connectivity index (χ0n) is 16.8. The third-order valence-electron chi connectivity index (χ3n) is 4.66. The molecule has 0 N–H and O–H groups in total. The molecular weight excluding hydrogens is 435 g/mol. The van der Waals surface area contributed by atoms with Crippen LogP contribution in [0.25, 0.3) is 0 Å². The van der Waals surface area contributed by atoms with Crippen LogP contribution in [0.15, 0.2) is 24.3 Å². The molecule has 1 aromatic rings. The van der Waals surface area contributed by atoms with Crippen molar-refractivity contribution < 1.29 is 9.47 Å². The van der Waals surface area contributed by atoms with Crippen molar-refractivity contribution in [1.82, 2.24) is 0 Å². The van der Waals surface area contributed by atoms with E-state index in [9.17, 15) is 0 Å². The van der Waals surface area contributed by atoms with Gasteiger partial charge in [0.15, 0.2) is 0 Å². The van der Waals surface area contributed by atoms with Gasteiger partial charge in [-0.3, -0.25) is 0 Å². The Morgan fingerprint density at radius 2 is 1.35 bits per heavy atom. The Hall–Kier alpha value is -0.290. The summed E-state index contributed by atoms with van der Waals surface area (Å²) in [5.74, 6) is 0.957. The summed E-state index contributed by atoms with van der Waals surface area (Å²) in [6, 6.07) is 8.61. The van der Waals surface area contributed by atoms with Crippen LogP contribution < -0.4 is 4.74 Å². The van der Waals surface area contributed by atoms with E-state index < -0.39 is 0 Å². The molecule has 0 aliphatic heterocycles. The highest BCUT2D eigenvalue weighted by Gasteiger charge is 1.98. The monoisotopic (exact) mass is 474 g/mol. The molecular formula is C23H39IO2. The van der Waals surface area contributed by atoms with Crippen LogP contribution >= 0.6 is 22.6 Å². The molecule has 1 aromatic carbocycles. The van der Waals surface area contributed by atoms with Gasteiger partial charge in [0.1, 0.15) is 12.4 Å². The lowest BCUT2D eigenvalue weighted by atomic mass is 10.0. The van der Waals surface area contributed by atoms with Gasteiger partial charge in [-0.05, 0) is 47.8 Å². The molecule has 0 aliphatic carbocycles. The average molecular weight is 474 g/mol. The third-order valence-corrected chi connectivity index (χ3v) is 5.42. The van der Waals surface area contributed by atoms with Gasteiger partial charge in [0.25, 0.3) is 0 Å². The van der Waals surface area contributed by atoms with E-state index in [-0.39, 0.29) is 0 Å². The van der Waals surface area contributed by atoms with Gasteiger partial charge in [0.05, 0.1) is 6.61 Å². The normalized spacial score (nSPS) is 11.0. The van der Waals surface area contributed by atoms with Crippen LogP contribution in [0.4, 0.5) is 0 Å². The van der Waals surface area contributed by atoms with Gasteiger partial charge in [-0.1, -0.05) is 93.0 Å². The zero-order valence-corrected chi connectivity index (χ0v) is 19.0. The maximum atomic E-state index is 5.76. The first-order valence-corrected chi connectivity index (χ1v) is 12.2. The van der Waals surface area contributed by atoms with Crippen LogP contribution in [0.1, 0.15) is 83.1 Å². The lowest BCUT2D eigenvalue weighted by Crippen LogP contribution is -2.07. The number of unbranched alkanes of at least 4 members (excludes halogenated alkanes) is 9. The van der Waals surface area contributed by atoms with Gasteiger partial charge in [-0.15, -0.1) is 0 Å². The molecule has 0 radical (unpaired) electrons. The van der Waals surface area contributed by atoms with Gasteiger partial charge in [-0.2, -0.15) is 0 Å². The van der Waals surface area contributed by atoms with E-state index in [0.29, 0.717) is 13.2 Å². The highest BCUT2D eigenvalue weighted by molar-refractivity contribution is 14.1. The fraction of sp³-hybridized carbons (Fsp3) is 0.739. The number of aryl methyl sites for hydroxylation is 1. The molecule has 0 saturated heterocycles. The first kappa shape index (κ1) is 23.7. The van der Waals surface area contributed by atoms with E-state index in [1.165, 1.54) is 87.0 Å². The average Bonchev–Trinajstić information content (AvgIpc) is 2.67. The number of rotatable bonds is 18. The molecule has 0 heterocycles. The minimum atomic E-state index is 0.644. The predicted molar refractivity (Wildman–Crippen MR) is 122 cm³/mol. The molecule has 0 spiro atoms. The Labute approximate surface area is 175 Å². The number of hydrogen-bond donors (Lipinski definition) is 0.